The summed E-state index contributed by atoms with van der Waals surface area (Å²) in [5, 5.41) is 3.26. The minimum absolute atomic E-state index is 0.120. The fourth-order valence-corrected chi connectivity index (χ4v) is 3.49. The highest BCUT2D eigenvalue weighted by atomic mass is 32.2. The number of nitrogens with zero attached hydrogens (tertiary/aromatic N) is 2. The van der Waals surface area contributed by atoms with E-state index >= 15 is 0 Å². The van der Waals surface area contributed by atoms with E-state index in [4.69, 9.17) is 0 Å². The Morgan fingerprint density at radius 3 is 2.52 bits per heavy atom. The number of hydrogen-bond donors (Lipinski definition) is 1. The van der Waals surface area contributed by atoms with Crippen molar-refractivity contribution in [2.75, 3.05) is 16.8 Å². The molecule has 1 aliphatic rings. The second kappa shape index (κ2) is 7.64. The van der Waals surface area contributed by atoms with Crippen molar-refractivity contribution in [1.82, 2.24) is 0 Å². The van der Waals surface area contributed by atoms with Crippen LogP contribution in [0.5, 0.6) is 0 Å². The largest absolute Gasteiger partial charge is 0.416 e. The van der Waals surface area contributed by atoms with Crippen molar-refractivity contribution in [3.63, 3.8) is 0 Å². The Morgan fingerprint density at radius 1 is 1.22 bits per heavy atom. The van der Waals surface area contributed by atoms with Crippen molar-refractivity contribution in [2.24, 2.45) is 4.99 Å². The van der Waals surface area contributed by atoms with Crippen molar-refractivity contribution in [3.8, 4) is 0 Å². The van der Waals surface area contributed by atoms with Gasteiger partial charge < -0.3 is 5.32 Å². The third kappa shape index (κ3) is 4.63. The lowest BCUT2D eigenvalue weighted by Gasteiger charge is -2.23. The first-order valence-corrected chi connectivity index (χ1v) is 9.18. The first kappa shape index (κ1) is 19.3. The van der Waals surface area contributed by atoms with E-state index in [1.165, 1.54) is 28.8 Å². The van der Waals surface area contributed by atoms with Gasteiger partial charge in [0.25, 0.3) is 0 Å². The second-order valence-electron chi connectivity index (χ2n) is 6.23. The molecule has 1 atom stereocenters. The molecule has 0 aromatic heterocycles. The molecule has 0 fully saturated rings. The molecule has 2 aromatic rings. The molecule has 142 valence electrons. The molecule has 0 saturated carbocycles. The Morgan fingerprint density at radius 2 is 1.93 bits per heavy atom. The summed E-state index contributed by atoms with van der Waals surface area (Å²) in [4.78, 5) is 18.4. The monoisotopic (exact) mass is 393 g/mol. The summed E-state index contributed by atoms with van der Waals surface area (Å²) in [5.74, 6) is 0. The number of aryl methyl sites for hydroxylation is 1. The number of amides is 2. The van der Waals surface area contributed by atoms with Gasteiger partial charge in [0.1, 0.15) is 0 Å². The Balaban J connectivity index is 1.94. The van der Waals surface area contributed by atoms with E-state index in [1.807, 2.05) is 26.0 Å². The Bertz CT molecular complexity index is 865. The Hall–Kier alpha value is -2.48. The minimum atomic E-state index is -4.49. The smallest absolute Gasteiger partial charge is 0.307 e. The van der Waals surface area contributed by atoms with E-state index in [0.29, 0.717) is 17.4 Å². The van der Waals surface area contributed by atoms with E-state index in [9.17, 15) is 18.0 Å². The molecule has 27 heavy (non-hydrogen) atoms. The summed E-state index contributed by atoms with van der Waals surface area (Å²) < 4.78 is 39.3. The average molecular weight is 393 g/mol. The molecular weight excluding hydrogens is 375 g/mol. The van der Waals surface area contributed by atoms with Gasteiger partial charge in [-0.25, -0.2) is 9.69 Å². The van der Waals surface area contributed by atoms with Crippen LogP contribution in [-0.2, 0) is 6.18 Å². The third-order valence-corrected chi connectivity index (χ3v) is 4.99. The second-order valence-corrected chi connectivity index (χ2v) is 7.64. The van der Waals surface area contributed by atoms with Crippen molar-refractivity contribution in [3.05, 3.63) is 59.7 Å². The fraction of sp³-hybridized carbons (Fsp3) is 0.263. The molecule has 1 N–H and O–H groups in total. The summed E-state index contributed by atoms with van der Waals surface area (Å²) >= 11 is 1.36. The maximum atomic E-state index is 13.1. The zero-order chi connectivity index (χ0) is 19.6. The maximum absolute atomic E-state index is 13.1. The third-order valence-electron chi connectivity index (χ3n) is 3.92. The van der Waals surface area contributed by atoms with E-state index in [2.05, 4.69) is 10.3 Å². The number of rotatable bonds is 2. The number of amidine groups is 1. The minimum Gasteiger partial charge on any atom is -0.307 e. The van der Waals surface area contributed by atoms with Gasteiger partial charge in [-0.05, 0) is 37.3 Å². The molecule has 1 aliphatic heterocycles. The standard InChI is InChI=1S/C19H18F3N3OS/c1-12-6-8-15(9-7-12)24-17(26)25(18-23-11-13(2)27-18)16-5-3-4-14(10-16)19(20,21)22/h3-10,13H,11H2,1-2H3,(H,24,26). The summed E-state index contributed by atoms with van der Waals surface area (Å²) in [7, 11) is 0. The number of benzene rings is 2. The van der Waals surface area contributed by atoms with Gasteiger partial charge in [0.2, 0.25) is 0 Å². The topological polar surface area (TPSA) is 44.7 Å². The summed E-state index contributed by atoms with van der Waals surface area (Å²) in [6, 6.07) is 11.3. The van der Waals surface area contributed by atoms with E-state index in [-0.39, 0.29) is 10.9 Å². The lowest BCUT2D eigenvalue weighted by atomic mass is 10.2. The van der Waals surface area contributed by atoms with Crippen molar-refractivity contribution in [2.45, 2.75) is 25.3 Å². The van der Waals surface area contributed by atoms with Gasteiger partial charge in [0.05, 0.1) is 17.8 Å². The molecule has 0 bridgehead atoms. The number of aliphatic imine (C=N–C) groups is 1. The van der Waals surface area contributed by atoms with E-state index in [0.717, 1.165) is 17.7 Å². The highest BCUT2D eigenvalue weighted by Crippen LogP contribution is 2.34. The van der Waals surface area contributed by atoms with Gasteiger partial charge >= 0.3 is 12.2 Å². The highest BCUT2D eigenvalue weighted by Gasteiger charge is 2.33. The normalized spacial score (nSPS) is 16.8. The molecule has 2 aromatic carbocycles. The molecule has 0 aliphatic carbocycles. The van der Waals surface area contributed by atoms with Crippen LogP contribution >= 0.6 is 11.8 Å². The van der Waals surface area contributed by atoms with Crippen LogP contribution in [0.2, 0.25) is 0 Å². The molecular formula is C19H18F3N3OS. The molecule has 0 radical (unpaired) electrons. The van der Waals surface area contributed by atoms with Crippen LogP contribution in [0.25, 0.3) is 0 Å². The van der Waals surface area contributed by atoms with Crippen molar-refractivity contribution < 1.29 is 18.0 Å². The van der Waals surface area contributed by atoms with Gasteiger partial charge in [-0.15, -0.1) is 0 Å². The number of carbonyl (C=O) groups excluding carboxylic acids is 1. The number of carbonyl (C=O) groups is 1. The first-order chi connectivity index (χ1) is 12.7. The number of nitrogens with one attached hydrogen (secondary N) is 1. The molecule has 4 nitrogen and oxygen atoms in total. The summed E-state index contributed by atoms with van der Waals surface area (Å²) in [6.45, 7) is 4.38. The molecule has 8 heteroatoms. The molecule has 1 unspecified atom stereocenters. The number of hydrogen-bond acceptors (Lipinski definition) is 3. The molecule has 0 saturated heterocycles. The van der Waals surface area contributed by atoms with Gasteiger partial charge in [0, 0.05) is 10.9 Å². The fourth-order valence-electron chi connectivity index (χ4n) is 2.54. The molecule has 1 heterocycles. The van der Waals surface area contributed by atoms with Crippen molar-refractivity contribution in [1.29, 1.82) is 0 Å². The average Bonchev–Trinajstić information content (AvgIpc) is 3.02. The van der Waals surface area contributed by atoms with Crippen LogP contribution in [0, 0.1) is 6.92 Å². The van der Waals surface area contributed by atoms with Crippen LogP contribution < -0.4 is 10.2 Å². The predicted octanol–water partition coefficient (Wildman–Crippen LogP) is 5.54. The molecule has 2 amide bonds. The lowest BCUT2D eigenvalue weighted by Crippen LogP contribution is -2.38. The Kier molecular flexibility index (Phi) is 5.46. The number of urea groups is 1. The number of thioether (sulfide) groups is 1. The highest BCUT2D eigenvalue weighted by molar-refractivity contribution is 8.15. The zero-order valence-electron chi connectivity index (χ0n) is 14.7. The first-order valence-electron chi connectivity index (χ1n) is 8.30. The zero-order valence-corrected chi connectivity index (χ0v) is 15.6. The predicted molar refractivity (Wildman–Crippen MR) is 103 cm³/mol. The summed E-state index contributed by atoms with van der Waals surface area (Å²) in [5.41, 5.74) is 0.895. The number of alkyl halides is 3. The lowest BCUT2D eigenvalue weighted by molar-refractivity contribution is -0.137. The van der Waals surface area contributed by atoms with Crippen LogP contribution in [-0.4, -0.2) is 23.0 Å². The number of halogens is 3. The summed E-state index contributed by atoms with van der Waals surface area (Å²) in [6.07, 6.45) is -4.49. The SMILES string of the molecule is Cc1ccc(NC(=O)N(C2=NCC(C)S2)c2cccc(C(F)(F)F)c2)cc1. The number of anilines is 2. The van der Waals surface area contributed by atoms with E-state index < -0.39 is 17.8 Å². The molecule has 0 spiro atoms. The van der Waals surface area contributed by atoms with Crippen LogP contribution in [0.15, 0.2) is 53.5 Å². The van der Waals surface area contributed by atoms with Gasteiger partial charge in [-0.3, -0.25) is 4.99 Å². The van der Waals surface area contributed by atoms with E-state index in [1.54, 1.807) is 12.1 Å². The van der Waals surface area contributed by atoms with Crippen LogP contribution in [0.4, 0.5) is 29.3 Å². The maximum Gasteiger partial charge on any atom is 0.416 e. The van der Waals surface area contributed by atoms with Crippen LogP contribution in [0.1, 0.15) is 18.1 Å². The van der Waals surface area contributed by atoms with Gasteiger partial charge in [0.15, 0.2) is 5.17 Å². The van der Waals surface area contributed by atoms with Gasteiger partial charge in [-0.2, -0.15) is 13.2 Å². The molecule has 3 rings (SSSR count). The Labute approximate surface area is 159 Å². The van der Waals surface area contributed by atoms with Crippen LogP contribution in [0.3, 0.4) is 0 Å². The van der Waals surface area contributed by atoms with Gasteiger partial charge in [-0.1, -0.05) is 42.4 Å². The quantitative estimate of drug-likeness (QED) is 0.728. The van der Waals surface area contributed by atoms with Crippen molar-refractivity contribution >= 4 is 34.3 Å².